The number of hydrogen-bond acceptors (Lipinski definition) is 3. The summed E-state index contributed by atoms with van der Waals surface area (Å²) >= 11 is 0. The highest BCUT2D eigenvalue weighted by molar-refractivity contribution is 5.95. The Kier molecular flexibility index (Phi) is 5.39. The lowest BCUT2D eigenvalue weighted by atomic mass is 10.1. The van der Waals surface area contributed by atoms with Gasteiger partial charge in [-0.25, -0.2) is 0 Å². The van der Waals surface area contributed by atoms with Crippen LogP contribution in [0.5, 0.6) is 0 Å². The summed E-state index contributed by atoms with van der Waals surface area (Å²) in [7, 11) is 3.99. The Morgan fingerprint density at radius 3 is 2.52 bits per heavy atom. The van der Waals surface area contributed by atoms with E-state index in [4.69, 9.17) is 0 Å². The predicted molar refractivity (Wildman–Crippen MR) is 103 cm³/mol. The number of carbonyl (C=O) groups excluding carboxylic acids is 1. The standard InChI is InChI=1S/C21H27N3O/c1-17-15-23(16-18-8-5-4-6-9-18)12-13-24(17)21(25)19-10-7-11-20(14-19)22(2)3/h4-11,14,17H,12-13,15-16H2,1-3H3/t17-/m1/s1. The lowest BCUT2D eigenvalue weighted by molar-refractivity contribution is 0.0475. The molecular weight excluding hydrogens is 310 g/mol. The monoisotopic (exact) mass is 337 g/mol. The first-order valence-corrected chi connectivity index (χ1v) is 8.89. The van der Waals surface area contributed by atoms with Gasteiger partial charge in [0, 0.05) is 57.6 Å². The molecule has 132 valence electrons. The molecule has 1 saturated heterocycles. The minimum absolute atomic E-state index is 0.135. The summed E-state index contributed by atoms with van der Waals surface area (Å²) in [5.41, 5.74) is 3.16. The number of benzene rings is 2. The van der Waals surface area contributed by atoms with E-state index < -0.39 is 0 Å². The first-order chi connectivity index (χ1) is 12.0. The smallest absolute Gasteiger partial charge is 0.254 e. The van der Waals surface area contributed by atoms with Crippen LogP contribution in [-0.4, -0.2) is 55.5 Å². The molecule has 4 heteroatoms. The molecule has 0 saturated carbocycles. The van der Waals surface area contributed by atoms with Crippen LogP contribution in [0.2, 0.25) is 0 Å². The summed E-state index contributed by atoms with van der Waals surface area (Å²) in [5.74, 6) is 0.135. The average Bonchev–Trinajstić information content (AvgIpc) is 2.62. The van der Waals surface area contributed by atoms with Crippen LogP contribution in [0.3, 0.4) is 0 Å². The summed E-state index contributed by atoms with van der Waals surface area (Å²) in [6, 6.07) is 18.6. The van der Waals surface area contributed by atoms with Gasteiger partial charge >= 0.3 is 0 Å². The molecule has 1 heterocycles. The van der Waals surface area contributed by atoms with Crippen LogP contribution in [0.4, 0.5) is 5.69 Å². The molecular formula is C21H27N3O. The number of nitrogens with zero attached hydrogens (tertiary/aromatic N) is 3. The summed E-state index contributed by atoms with van der Waals surface area (Å²) < 4.78 is 0. The van der Waals surface area contributed by atoms with Crippen LogP contribution in [0.15, 0.2) is 54.6 Å². The van der Waals surface area contributed by atoms with E-state index >= 15 is 0 Å². The first kappa shape index (κ1) is 17.5. The molecule has 1 amide bonds. The van der Waals surface area contributed by atoms with Crippen LogP contribution in [-0.2, 0) is 6.54 Å². The summed E-state index contributed by atoms with van der Waals surface area (Å²) in [6.45, 7) is 5.69. The zero-order valence-electron chi connectivity index (χ0n) is 15.4. The van der Waals surface area contributed by atoms with Crippen LogP contribution < -0.4 is 4.90 Å². The number of anilines is 1. The van der Waals surface area contributed by atoms with Gasteiger partial charge in [0.15, 0.2) is 0 Å². The fourth-order valence-electron chi connectivity index (χ4n) is 3.40. The molecule has 0 spiro atoms. The van der Waals surface area contributed by atoms with Gasteiger partial charge in [-0.3, -0.25) is 9.69 Å². The Morgan fingerprint density at radius 2 is 1.84 bits per heavy atom. The maximum atomic E-state index is 12.9. The van der Waals surface area contributed by atoms with Gasteiger partial charge in [0.05, 0.1) is 0 Å². The lowest BCUT2D eigenvalue weighted by Crippen LogP contribution is -2.53. The van der Waals surface area contributed by atoms with Crippen molar-refractivity contribution in [3.8, 4) is 0 Å². The van der Waals surface area contributed by atoms with E-state index in [0.29, 0.717) is 0 Å². The van der Waals surface area contributed by atoms with Gasteiger partial charge in [0.1, 0.15) is 0 Å². The minimum Gasteiger partial charge on any atom is -0.378 e. The van der Waals surface area contributed by atoms with E-state index in [9.17, 15) is 4.79 Å². The Hall–Kier alpha value is -2.33. The summed E-state index contributed by atoms with van der Waals surface area (Å²) in [5, 5.41) is 0. The maximum Gasteiger partial charge on any atom is 0.254 e. The predicted octanol–water partition coefficient (Wildman–Crippen LogP) is 3.10. The molecule has 4 nitrogen and oxygen atoms in total. The van der Waals surface area contributed by atoms with Crippen molar-refractivity contribution in [1.82, 2.24) is 9.80 Å². The van der Waals surface area contributed by atoms with Crippen molar-refractivity contribution in [1.29, 1.82) is 0 Å². The highest BCUT2D eigenvalue weighted by Gasteiger charge is 2.28. The molecule has 0 aromatic heterocycles. The van der Waals surface area contributed by atoms with Crippen LogP contribution in [0.1, 0.15) is 22.8 Å². The molecule has 2 aromatic carbocycles. The molecule has 1 atom stereocenters. The van der Waals surface area contributed by atoms with E-state index in [0.717, 1.165) is 37.4 Å². The highest BCUT2D eigenvalue weighted by Crippen LogP contribution is 2.19. The minimum atomic E-state index is 0.135. The van der Waals surface area contributed by atoms with Crippen molar-refractivity contribution in [3.63, 3.8) is 0 Å². The van der Waals surface area contributed by atoms with E-state index in [1.165, 1.54) is 5.56 Å². The number of amides is 1. The van der Waals surface area contributed by atoms with Gasteiger partial charge < -0.3 is 9.80 Å². The van der Waals surface area contributed by atoms with Gasteiger partial charge in [-0.2, -0.15) is 0 Å². The Morgan fingerprint density at radius 1 is 1.08 bits per heavy atom. The average molecular weight is 337 g/mol. The third-order valence-electron chi connectivity index (χ3n) is 4.83. The van der Waals surface area contributed by atoms with E-state index in [-0.39, 0.29) is 11.9 Å². The zero-order chi connectivity index (χ0) is 17.8. The molecule has 2 aromatic rings. The molecule has 25 heavy (non-hydrogen) atoms. The Labute approximate surface area is 150 Å². The van der Waals surface area contributed by atoms with Crippen LogP contribution in [0, 0.1) is 0 Å². The van der Waals surface area contributed by atoms with Crippen molar-refractivity contribution in [3.05, 3.63) is 65.7 Å². The Bertz CT molecular complexity index is 714. The maximum absolute atomic E-state index is 12.9. The third-order valence-corrected chi connectivity index (χ3v) is 4.83. The van der Waals surface area contributed by atoms with Gasteiger partial charge in [-0.05, 0) is 30.7 Å². The second-order valence-electron chi connectivity index (χ2n) is 7.01. The number of carbonyl (C=O) groups is 1. The normalized spacial score (nSPS) is 18.2. The van der Waals surface area contributed by atoms with Crippen molar-refractivity contribution in [2.24, 2.45) is 0 Å². The van der Waals surface area contributed by atoms with E-state index in [1.54, 1.807) is 0 Å². The molecule has 1 aliphatic rings. The van der Waals surface area contributed by atoms with Crippen molar-refractivity contribution >= 4 is 11.6 Å². The van der Waals surface area contributed by atoms with Crippen LogP contribution >= 0.6 is 0 Å². The van der Waals surface area contributed by atoms with Gasteiger partial charge in [0.2, 0.25) is 0 Å². The second-order valence-corrected chi connectivity index (χ2v) is 7.01. The third kappa shape index (κ3) is 4.20. The quantitative estimate of drug-likeness (QED) is 0.858. The van der Waals surface area contributed by atoms with Crippen molar-refractivity contribution in [2.45, 2.75) is 19.5 Å². The molecule has 3 rings (SSSR count). The fourth-order valence-corrected chi connectivity index (χ4v) is 3.40. The number of hydrogen-bond donors (Lipinski definition) is 0. The SMILES string of the molecule is C[C@@H]1CN(Cc2ccccc2)CCN1C(=O)c1cccc(N(C)C)c1. The molecule has 0 aliphatic carbocycles. The van der Waals surface area contributed by atoms with Gasteiger partial charge in [-0.1, -0.05) is 36.4 Å². The molecule has 0 radical (unpaired) electrons. The number of piperazine rings is 1. The van der Waals surface area contributed by atoms with Gasteiger partial charge in [0.25, 0.3) is 5.91 Å². The first-order valence-electron chi connectivity index (χ1n) is 8.89. The topological polar surface area (TPSA) is 26.8 Å². The molecule has 0 bridgehead atoms. The lowest BCUT2D eigenvalue weighted by Gasteiger charge is -2.40. The molecule has 1 fully saturated rings. The second kappa shape index (κ2) is 7.70. The zero-order valence-corrected chi connectivity index (χ0v) is 15.4. The Balaban J connectivity index is 1.65. The highest BCUT2D eigenvalue weighted by atomic mass is 16.2. The van der Waals surface area contributed by atoms with Crippen molar-refractivity contribution in [2.75, 3.05) is 38.6 Å². The molecule has 1 aliphatic heterocycles. The van der Waals surface area contributed by atoms with Gasteiger partial charge in [-0.15, -0.1) is 0 Å². The van der Waals surface area contributed by atoms with E-state index in [1.807, 2.05) is 54.2 Å². The summed E-state index contributed by atoms with van der Waals surface area (Å²) in [4.78, 5) is 19.4. The number of rotatable bonds is 4. The summed E-state index contributed by atoms with van der Waals surface area (Å²) in [6.07, 6.45) is 0. The van der Waals surface area contributed by atoms with Crippen LogP contribution in [0.25, 0.3) is 0 Å². The largest absolute Gasteiger partial charge is 0.378 e. The molecule has 0 unspecified atom stereocenters. The van der Waals surface area contributed by atoms with E-state index in [2.05, 4.69) is 36.1 Å². The fraction of sp³-hybridized carbons (Fsp3) is 0.381. The molecule has 0 N–H and O–H groups in total. The van der Waals surface area contributed by atoms with Crippen molar-refractivity contribution < 1.29 is 4.79 Å².